The molecular weight excluding hydrogens is 330 g/mol. The van der Waals surface area contributed by atoms with Gasteiger partial charge in [-0.1, -0.05) is 18.2 Å². The van der Waals surface area contributed by atoms with Crippen LogP contribution in [0.3, 0.4) is 0 Å². The fourth-order valence-electron chi connectivity index (χ4n) is 2.05. The molecule has 1 unspecified atom stereocenters. The Labute approximate surface area is 124 Å². The van der Waals surface area contributed by atoms with Crippen molar-refractivity contribution in [2.75, 3.05) is 6.54 Å². The lowest BCUT2D eigenvalue weighted by molar-refractivity contribution is 0.490. The van der Waals surface area contributed by atoms with Gasteiger partial charge in [-0.15, -0.1) is 5.10 Å². The third-order valence-corrected chi connectivity index (χ3v) is 3.76. The number of aromatic nitrogens is 3. The van der Waals surface area contributed by atoms with Crippen molar-refractivity contribution in [1.82, 2.24) is 20.3 Å². The summed E-state index contributed by atoms with van der Waals surface area (Å²) >= 11 is 3.12. The van der Waals surface area contributed by atoms with Gasteiger partial charge in [0.05, 0.1) is 10.2 Å². The van der Waals surface area contributed by atoms with Gasteiger partial charge in [0.1, 0.15) is 0 Å². The molecule has 0 bridgehead atoms. The van der Waals surface area contributed by atoms with Gasteiger partial charge in [0, 0.05) is 25.7 Å². The number of hydrogen-bond acceptors (Lipinski definition) is 3. The minimum absolute atomic E-state index is 0.146. The molecule has 2 rings (SSSR count). The molecule has 0 spiro atoms. The predicted molar refractivity (Wildman–Crippen MR) is 75.2 cm³/mol. The molecule has 1 heterocycles. The second-order valence-corrected chi connectivity index (χ2v) is 5.26. The summed E-state index contributed by atoms with van der Waals surface area (Å²) in [6.45, 7) is 2.66. The lowest BCUT2D eigenvalue weighted by Gasteiger charge is -2.19. The van der Waals surface area contributed by atoms with Crippen molar-refractivity contribution in [2.24, 2.45) is 7.05 Å². The van der Waals surface area contributed by atoms with Crippen LogP contribution < -0.4 is 5.32 Å². The SMILES string of the molecule is CCNC(Cc1cn(C)nn1)c1ccc(F)c(F)c1Br. The number of nitrogens with one attached hydrogen (secondary N) is 1. The maximum atomic E-state index is 13.7. The first-order valence-electron chi connectivity index (χ1n) is 6.25. The molecular formula is C13H15BrF2N4. The zero-order valence-electron chi connectivity index (χ0n) is 11.2. The van der Waals surface area contributed by atoms with E-state index in [-0.39, 0.29) is 10.5 Å². The minimum Gasteiger partial charge on any atom is -0.310 e. The van der Waals surface area contributed by atoms with Gasteiger partial charge in [-0.05, 0) is 34.1 Å². The molecule has 7 heteroatoms. The number of rotatable bonds is 5. The lowest BCUT2D eigenvalue weighted by Crippen LogP contribution is -2.24. The molecule has 2 aromatic rings. The average molecular weight is 345 g/mol. The summed E-state index contributed by atoms with van der Waals surface area (Å²) < 4.78 is 28.6. The molecule has 0 radical (unpaired) electrons. The average Bonchev–Trinajstić information content (AvgIpc) is 2.81. The van der Waals surface area contributed by atoms with Gasteiger partial charge in [0.15, 0.2) is 11.6 Å². The van der Waals surface area contributed by atoms with Gasteiger partial charge in [-0.3, -0.25) is 4.68 Å². The monoisotopic (exact) mass is 344 g/mol. The Bertz CT molecular complexity index is 600. The van der Waals surface area contributed by atoms with Gasteiger partial charge < -0.3 is 5.32 Å². The summed E-state index contributed by atoms with van der Waals surface area (Å²) in [5.41, 5.74) is 1.45. The smallest absolute Gasteiger partial charge is 0.173 e. The van der Waals surface area contributed by atoms with Gasteiger partial charge in [0.25, 0.3) is 0 Å². The highest BCUT2D eigenvalue weighted by atomic mass is 79.9. The van der Waals surface area contributed by atoms with Crippen LogP contribution >= 0.6 is 15.9 Å². The fraction of sp³-hybridized carbons (Fsp3) is 0.385. The van der Waals surface area contributed by atoms with Crippen molar-refractivity contribution in [1.29, 1.82) is 0 Å². The highest BCUT2D eigenvalue weighted by Crippen LogP contribution is 2.29. The van der Waals surface area contributed by atoms with Crippen molar-refractivity contribution in [3.05, 3.63) is 45.7 Å². The van der Waals surface area contributed by atoms with Crippen molar-refractivity contribution in [2.45, 2.75) is 19.4 Å². The summed E-state index contributed by atoms with van der Waals surface area (Å²) in [6.07, 6.45) is 2.35. The highest BCUT2D eigenvalue weighted by Gasteiger charge is 2.20. The molecule has 1 N–H and O–H groups in total. The largest absolute Gasteiger partial charge is 0.310 e. The topological polar surface area (TPSA) is 42.7 Å². The maximum Gasteiger partial charge on any atom is 0.173 e. The quantitative estimate of drug-likeness (QED) is 0.848. The molecule has 0 amide bonds. The molecule has 0 aliphatic rings. The fourth-order valence-corrected chi connectivity index (χ4v) is 2.64. The van der Waals surface area contributed by atoms with Gasteiger partial charge in [-0.2, -0.15) is 0 Å². The van der Waals surface area contributed by atoms with E-state index in [4.69, 9.17) is 0 Å². The Morgan fingerprint density at radius 1 is 1.40 bits per heavy atom. The van der Waals surface area contributed by atoms with E-state index in [0.717, 1.165) is 11.8 Å². The maximum absolute atomic E-state index is 13.7. The summed E-state index contributed by atoms with van der Waals surface area (Å²) in [5.74, 6) is -1.74. The molecule has 0 aliphatic carbocycles. The minimum atomic E-state index is -0.871. The molecule has 1 atom stereocenters. The molecule has 20 heavy (non-hydrogen) atoms. The van der Waals surface area contributed by atoms with Crippen molar-refractivity contribution in [3.63, 3.8) is 0 Å². The zero-order valence-corrected chi connectivity index (χ0v) is 12.8. The van der Waals surface area contributed by atoms with E-state index in [2.05, 4.69) is 31.6 Å². The van der Waals surface area contributed by atoms with E-state index in [0.29, 0.717) is 18.5 Å². The molecule has 1 aromatic carbocycles. The van der Waals surface area contributed by atoms with Crippen LogP contribution in [0.4, 0.5) is 8.78 Å². The van der Waals surface area contributed by atoms with Crippen LogP contribution in [0.15, 0.2) is 22.8 Å². The first-order valence-corrected chi connectivity index (χ1v) is 7.04. The first kappa shape index (κ1) is 15.1. The van der Waals surface area contributed by atoms with E-state index < -0.39 is 11.6 Å². The number of likely N-dealkylation sites (N-methyl/N-ethyl adjacent to an activating group) is 1. The number of nitrogens with zero attached hydrogens (tertiary/aromatic N) is 3. The van der Waals surface area contributed by atoms with Gasteiger partial charge >= 0.3 is 0 Å². The Morgan fingerprint density at radius 3 is 2.75 bits per heavy atom. The standard InChI is InChI=1S/C13H15BrF2N4/c1-3-17-11(6-8-7-20(2)19-18-8)9-4-5-10(15)13(16)12(9)14/h4-5,7,11,17H,3,6H2,1-2H3. The molecule has 108 valence electrons. The molecule has 0 aliphatic heterocycles. The first-order chi connectivity index (χ1) is 9.52. The van der Waals surface area contributed by atoms with Crippen molar-refractivity contribution >= 4 is 15.9 Å². The van der Waals surface area contributed by atoms with Crippen LogP contribution in [0.5, 0.6) is 0 Å². The summed E-state index contributed by atoms with van der Waals surface area (Å²) in [6, 6.07) is 2.55. The van der Waals surface area contributed by atoms with Crippen molar-refractivity contribution in [3.8, 4) is 0 Å². The van der Waals surface area contributed by atoms with Crippen LogP contribution in [0.2, 0.25) is 0 Å². The Hall–Kier alpha value is -1.34. The van der Waals surface area contributed by atoms with E-state index in [9.17, 15) is 8.78 Å². The number of aryl methyl sites for hydroxylation is 1. The molecule has 4 nitrogen and oxygen atoms in total. The van der Waals surface area contributed by atoms with Gasteiger partial charge in [0.2, 0.25) is 0 Å². The van der Waals surface area contributed by atoms with E-state index in [1.165, 1.54) is 0 Å². The normalized spacial score (nSPS) is 12.7. The summed E-state index contributed by atoms with van der Waals surface area (Å²) in [5, 5.41) is 11.1. The van der Waals surface area contributed by atoms with E-state index in [1.807, 2.05) is 6.92 Å². The van der Waals surface area contributed by atoms with Gasteiger partial charge in [-0.25, -0.2) is 8.78 Å². The van der Waals surface area contributed by atoms with Crippen LogP contribution in [-0.2, 0) is 13.5 Å². The Balaban J connectivity index is 2.31. The van der Waals surface area contributed by atoms with E-state index in [1.54, 1.807) is 24.0 Å². The second kappa shape index (κ2) is 6.41. The van der Waals surface area contributed by atoms with Crippen LogP contribution in [0, 0.1) is 11.6 Å². The Kier molecular flexibility index (Phi) is 4.82. The predicted octanol–water partition coefficient (Wildman–Crippen LogP) is 2.75. The number of benzene rings is 1. The number of halogens is 3. The Morgan fingerprint density at radius 2 is 2.15 bits per heavy atom. The van der Waals surface area contributed by atoms with Crippen LogP contribution in [0.25, 0.3) is 0 Å². The molecule has 1 aromatic heterocycles. The van der Waals surface area contributed by atoms with E-state index >= 15 is 0 Å². The summed E-state index contributed by atoms with van der Waals surface area (Å²) in [4.78, 5) is 0. The zero-order chi connectivity index (χ0) is 14.7. The molecule has 0 saturated carbocycles. The lowest BCUT2D eigenvalue weighted by atomic mass is 10.0. The molecule has 0 saturated heterocycles. The van der Waals surface area contributed by atoms with Crippen LogP contribution in [-0.4, -0.2) is 21.5 Å². The summed E-state index contributed by atoms with van der Waals surface area (Å²) in [7, 11) is 1.78. The molecule has 0 fully saturated rings. The van der Waals surface area contributed by atoms with Crippen molar-refractivity contribution < 1.29 is 8.78 Å². The van der Waals surface area contributed by atoms with Crippen LogP contribution in [0.1, 0.15) is 24.2 Å². The third-order valence-electron chi connectivity index (χ3n) is 2.95. The second-order valence-electron chi connectivity index (χ2n) is 4.46. The third kappa shape index (κ3) is 3.21. The number of hydrogen-bond donors (Lipinski definition) is 1. The highest BCUT2D eigenvalue weighted by molar-refractivity contribution is 9.10.